The van der Waals surface area contributed by atoms with Crippen molar-refractivity contribution in [2.45, 2.75) is 19.8 Å². The molecule has 0 spiro atoms. The second-order valence-corrected chi connectivity index (χ2v) is 9.04. The number of anilines is 1. The number of rotatable bonds is 4. The Hall–Kier alpha value is -3.45. The van der Waals surface area contributed by atoms with Crippen molar-refractivity contribution in [1.82, 2.24) is 14.3 Å². The molecule has 32 heavy (non-hydrogen) atoms. The lowest BCUT2D eigenvalue weighted by molar-refractivity contribution is -0.121. The number of nitrogens with zero attached hydrogens (tertiary/aromatic N) is 3. The van der Waals surface area contributed by atoms with E-state index in [1.807, 2.05) is 82.4 Å². The Bertz CT molecular complexity index is 1260. The van der Waals surface area contributed by atoms with Crippen molar-refractivity contribution in [3.8, 4) is 11.3 Å². The largest absolute Gasteiger partial charge is 0.338 e. The number of fused-ring (bicyclic) bond motifs is 1. The van der Waals surface area contributed by atoms with Crippen LogP contribution in [-0.4, -0.2) is 39.2 Å². The predicted octanol–water partition coefficient (Wildman–Crippen LogP) is 4.86. The van der Waals surface area contributed by atoms with Gasteiger partial charge >= 0.3 is 0 Å². The van der Waals surface area contributed by atoms with E-state index in [0.717, 1.165) is 27.3 Å². The molecule has 0 aliphatic carbocycles. The fourth-order valence-electron chi connectivity index (χ4n) is 4.24. The summed E-state index contributed by atoms with van der Waals surface area (Å²) < 4.78 is 1.95. The lowest BCUT2D eigenvalue weighted by Gasteiger charge is -2.31. The topological polar surface area (TPSA) is 66.7 Å². The number of carbonyl (C=O) groups is 2. The second-order valence-electron chi connectivity index (χ2n) is 8.09. The number of likely N-dealkylation sites (tertiary alicyclic amines) is 1. The highest BCUT2D eigenvalue weighted by Gasteiger charge is 2.29. The van der Waals surface area contributed by atoms with E-state index in [1.165, 1.54) is 11.3 Å². The summed E-state index contributed by atoms with van der Waals surface area (Å²) >= 11 is 1.46. The molecule has 1 aromatic carbocycles. The van der Waals surface area contributed by atoms with E-state index < -0.39 is 0 Å². The van der Waals surface area contributed by atoms with Gasteiger partial charge in [0.05, 0.1) is 4.88 Å². The summed E-state index contributed by atoms with van der Waals surface area (Å²) in [6, 6.07) is 17.6. The van der Waals surface area contributed by atoms with Crippen molar-refractivity contribution in [3.63, 3.8) is 0 Å². The number of pyridine rings is 1. The zero-order valence-electron chi connectivity index (χ0n) is 17.8. The SMILES string of the molecule is Cc1cccn2c(NC(=O)C3CCN(C(=O)c4cccs4)CC3)c(-c3ccccc3)nc12. The molecular formula is C25H24N4O2S. The Labute approximate surface area is 190 Å². The van der Waals surface area contributed by atoms with Crippen molar-refractivity contribution in [1.29, 1.82) is 0 Å². The smallest absolute Gasteiger partial charge is 0.263 e. The fraction of sp³-hybridized carbons (Fsp3) is 0.240. The van der Waals surface area contributed by atoms with Crippen LogP contribution in [0.15, 0.2) is 66.2 Å². The third-order valence-electron chi connectivity index (χ3n) is 6.02. The maximum absolute atomic E-state index is 13.2. The van der Waals surface area contributed by atoms with Crippen LogP contribution in [-0.2, 0) is 4.79 Å². The van der Waals surface area contributed by atoms with Crippen LogP contribution in [0.4, 0.5) is 5.82 Å². The number of amides is 2. The van der Waals surface area contributed by atoms with Gasteiger partial charge in [-0.05, 0) is 42.8 Å². The molecule has 1 aliphatic rings. The first-order chi connectivity index (χ1) is 15.6. The van der Waals surface area contributed by atoms with E-state index in [9.17, 15) is 9.59 Å². The van der Waals surface area contributed by atoms with Crippen LogP contribution in [0.25, 0.3) is 16.9 Å². The molecule has 6 nitrogen and oxygen atoms in total. The summed E-state index contributed by atoms with van der Waals surface area (Å²) in [6.45, 7) is 3.20. The van der Waals surface area contributed by atoms with Gasteiger partial charge in [0.25, 0.3) is 5.91 Å². The number of hydrogen-bond donors (Lipinski definition) is 1. The van der Waals surface area contributed by atoms with E-state index in [-0.39, 0.29) is 17.7 Å². The van der Waals surface area contributed by atoms with E-state index >= 15 is 0 Å². The number of benzene rings is 1. The lowest BCUT2D eigenvalue weighted by Crippen LogP contribution is -2.41. The molecule has 3 aromatic heterocycles. The van der Waals surface area contributed by atoms with Crippen LogP contribution >= 0.6 is 11.3 Å². The second kappa shape index (κ2) is 8.59. The maximum Gasteiger partial charge on any atom is 0.263 e. The van der Waals surface area contributed by atoms with Gasteiger partial charge in [0.1, 0.15) is 17.2 Å². The molecule has 1 fully saturated rings. The Morgan fingerprint density at radius 3 is 2.53 bits per heavy atom. The summed E-state index contributed by atoms with van der Waals surface area (Å²) in [4.78, 5) is 33.3. The van der Waals surface area contributed by atoms with Gasteiger partial charge in [-0.25, -0.2) is 4.98 Å². The summed E-state index contributed by atoms with van der Waals surface area (Å²) in [5.41, 5.74) is 3.60. The molecule has 7 heteroatoms. The van der Waals surface area contributed by atoms with Crippen LogP contribution in [0.1, 0.15) is 28.1 Å². The average Bonchev–Trinajstić information content (AvgIpc) is 3.49. The summed E-state index contributed by atoms with van der Waals surface area (Å²) in [7, 11) is 0. The highest BCUT2D eigenvalue weighted by atomic mass is 32.1. The normalized spacial score (nSPS) is 14.6. The highest BCUT2D eigenvalue weighted by Crippen LogP contribution is 2.31. The first-order valence-electron chi connectivity index (χ1n) is 10.8. The van der Waals surface area contributed by atoms with Crippen LogP contribution in [0.5, 0.6) is 0 Å². The zero-order valence-corrected chi connectivity index (χ0v) is 18.6. The molecule has 4 heterocycles. The molecule has 1 aliphatic heterocycles. The van der Waals surface area contributed by atoms with E-state index in [4.69, 9.17) is 4.98 Å². The minimum Gasteiger partial charge on any atom is -0.338 e. The van der Waals surface area contributed by atoms with E-state index in [0.29, 0.717) is 31.7 Å². The monoisotopic (exact) mass is 444 g/mol. The Kier molecular flexibility index (Phi) is 5.49. The molecular weight excluding hydrogens is 420 g/mol. The molecule has 5 rings (SSSR count). The number of aromatic nitrogens is 2. The van der Waals surface area contributed by atoms with Gasteiger partial charge in [-0.3, -0.25) is 14.0 Å². The van der Waals surface area contributed by atoms with E-state index in [1.54, 1.807) is 0 Å². The van der Waals surface area contributed by atoms with Crippen molar-refractivity contribution in [2.24, 2.45) is 5.92 Å². The molecule has 0 saturated carbocycles. The standard InChI is InChI=1S/C25H24N4O2S/c1-17-7-5-13-29-22(17)26-21(18-8-3-2-4-9-18)23(29)27-24(30)19-11-14-28(15-12-19)25(31)20-10-6-16-32-20/h2-10,13,16,19H,11-12,14-15H2,1H3,(H,27,30). The maximum atomic E-state index is 13.2. The molecule has 0 unspecified atom stereocenters. The van der Waals surface area contributed by atoms with Gasteiger partial charge in [0, 0.05) is 30.8 Å². The van der Waals surface area contributed by atoms with Gasteiger partial charge < -0.3 is 10.2 Å². The average molecular weight is 445 g/mol. The predicted molar refractivity (Wildman–Crippen MR) is 127 cm³/mol. The third-order valence-corrected chi connectivity index (χ3v) is 6.88. The molecule has 0 bridgehead atoms. The Morgan fingerprint density at radius 1 is 1.03 bits per heavy atom. The Balaban J connectivity index is 1.36. The molecule has 162 valence electrons. The van der Waals surface area contributed by atoms with Gasteiger partial charge in [-0.2, -0.15) is 0 Å². The van der Waals surface area contributed by atoms with E-state index in [2.05, 4.69) is 5.32 Å². The summed E-state index contributed by atoms with van der Waals surface area (Å²) in [6.07, 6.45) is 3.23. The van der Waals surface area contributed by atoms with Crippen molar-refractivity contribution in [2.75, 3.05) is 18.4 Å². The number of imidazole rings is 1. The van der Waals surface area contributed by atoms with Crippen LogP contribution < -0.4 is 5.32 Å². The molecule has 0 radical (unpaired) electrons. The number of nitrogens with one attached hydrogen (secondary N) is 1. The highest BCUT2D eigenvalue weighted by molar-refractivity contribution is 7.12. The lowest BCUT2D eigenvalue weighted by atomic mass is 9.95. The van der Waals surface area contributed by atoms with Gasteiger partial charge in [0.15, 0.2) is 0 Å². The van der Waals surface area contributed by atoms with Crippen LogP contribution in [0, 0.1) is 12.8 Å². The molecule has 4 aromatic rings. The molecule has 2 amide bonds. The minimum absolute atomic E-state index is 0.0197. The summed E-state index contributed by atoms with van der Waals surface area (Å²) in [5.74, 6) is 0.592. The van der Waals surface area contributed by atoms with Gasteiger partial charge in [-0.1, -0.05) is 42.5 Å². The zero-order chi connectivity index (χ0) is 22.1. The number of aryl methyl sites for hydroxylation is 1. The number of carbonyl (C=O) groups excluding carboxylic acids is 2. The first-order valence-corrected chi connectivity index (χ1v) is 11.7. The van der Waals surface area contributed by atoms with Crippen molar-refractivity contribution >= 4 is 34.6 Å². The van der Waals surface area contributed by atoms with Crippen molar-refractivity contribution in [3.05, 3.63) is 76.6 Å². The fourth-order valence-corrected chi connectivity index (χ4v) is 4.93. The summed E-state index contributed by atoms with van der Waals surface area (Å²) in [5, 5.41) is 5.07. The molecule has 0 atom stereocenters. The minimum atomic E-state index is -0.138. The van der Waals surface area contributed by atoms with Gasteiger partial charge in [-0.15, -0.1) is 11.3 Å². The number of thiophene rings is 1. The van der Waals surface area contributed by atoms with Crippen LogP contribution in [0.3, 0.4) is 0 Å². The first kappa shape index (κ1) is 20.5. The quantitative estimate of drug-likeness (QED) is 0.489. The third kappa shape index (κ3) is 3.80. The van der Waals surface area contributed by atoms with Crippen LogP contribution in [0.2, 0.25) is 0 Å². The number of piperidine rings is 1. The molecule has 1 saturated heterocycles. The van der Waals surface area contributed by atoms with Gasteiger partial charge in [0.2, 0.25) is 5.91 Å². The number of hydrogen-bond acceptors (Lipinski definition) is 4. The molecule has 1 N–H and O–H groups in total. The Morgan fingerprint density at radius 2 is 1.81 bits per heavy atom. The van der Waals surface area contributed by atoms with Crippen molar-refractivity contribution < 1.29 is 9.59 Å².